The van der Waals surface area contributed by atoms with Crippen molar-refractivity contribution in [3.8, 4) is 0 Å². The van der Waals surface area contributed by atoms with Gasteiger partial charge in [0.1, 0.15) is 11.5 Å². The summed E-state index contributed by atoms with van der Waals surface area (Å²) in [4.78, 5) is 44.3. The first-order valence-electron chi connectivity index (χ1n) is 14.3. The first-order valence-corrected chi connectivity index (χ1v) is 14.3. The number of halogens is 4. The van der Waals surface area contributed by atoms with Crippen LogP contribution in [0.3, 0.4) is 0 Å². The minimum Gasteiger partial charge on any atom is -0.465 e. The minimum absolute atomic E-state index is 0.0137. The Balaban J connectivity index is 1.60. The Morgan fingerprint density at radius 1 is 1.19 bits per heavy atom. The second-order valence-corrected chi connectivity index (χ2v) is 12.0. The lowest BCUT2D eigenvalue weighted by atomic mass is 9.63. The van der Waals surface area contributed by atoms with E-state index >= 15 is 8.78 Å². The van der Waals surface area contributed by atoms with Gasteiger partial charge in [0.2, 0.25) is 5.56 Å². The van der Waals surface area contributed by atoms with Gasteiger partial charge in [-0.15, -0.1) is 0 Å². The maximum absolute atomic E-state index is 16.6. The summed E-state index contributed by atoms with van der Waals surface area (Å²) >= 11 is 0. The van der Waals surface area contributed by atoms with Crippen LogP contribution in [0.4, 0.5) is 33.7 Å². The van der Waals surface area contributed by atoms with Gasteiger partial charge in [-0.25, -0.2) is 22.4 Å². The second kappa shape index (κ2) is 11.7. The highest BCUT2D eigenvalue weighted by Gasteiger charge is 2.46. The number of nitrogens with zero attached hydrogens (tertiary/aromatic N) is 3. The molecule has 5 rings (SSSR count). The van der Waals surface area contributed by atoms with Crippen molar-refractivity contribution in [1.82, 2.24) is 14.8 Å². The van der Waals surface area contributed by atoms with Crippen molar-refractivity contribution < 1.29 is 32.3 Å². The van der Waals surface area contributed by atoms with E-state index in [-0.39, 0.29) is 41.4 Å². The third-order valence-corrected chi connectivity index (χ3v) is 9.36. The minimum atomic E-state index is -3.15. The maximum Gasteiger partial charge on any atom is 0.407 e. The molecule has 2 atom stereocenters. The molecule has 1 saturated carbocycles. The molecular formula is C30H35F4N5O4. The summed E-state index contributed by atoms with van der Waals surface area (Å²) in [6.45, 7) is 5.21. The number of hydrogen-bond donors (Lipinski definition) is 3. The van der Waals surface area contributed by atoms with E-state index in [1.807, 2.05) is 20.9 Å². The highest BCUT2D eigenvalue weighted by molar-refractivity contribution is 6.07. The molecule has 2 fully saturated rings. The monoisotopic (exact) mass is 605 g/mol. The van der Waals surface area contributed by atoms with Crippen LogP contribution in [0.2, 0.25) is 0 Å². The van der Waals surface area contributed by atoms with E-state index in [0.29, 0.717) is 25.7 Å². The molecule has 0 radical (unpaired) electrons. The van der Waals surface area contributed by atoms with Gasteiger partial charge in [-0.05, 0) is 44.2 Å². The molecule has 1 aromatic heterocycles. The van der Waals surface area contributed by atoms with Crippen molar-refractivity contribution >= 4 is 28.9 Å². The van der Waals surface area contributed by atoms with Gasteiger partial charge >= 0.3 is 6.09 Å². The predicted molar refractivity (Wildman–Crippen MR) is 154 cm³/mol. The van der Waals surface area contributed by atoms with E-state index in [4.69, 9.17) is 0 Å². The van der Waals surface area contributed by atoms with Gasteiger partial charge in [-0.1, -0.05) is 19.4 Å². The van der Waals surface area contributed by atoms with Gasteiger partial charge < -0.3 is 30.1 Å². The summed E-state index contributed by atoms with van der Waals surface area (Å²) in [5.41, 5.74) is -2.98. The van der Waals surface area contributed by atoms with E-state index in [2.05, 4.69) is 15.2 Å². The number of pyridine rings is 1. The van der Waals surface area contributed by atoms with Gasteiger partial charge in [-0.2, -0.15) is 0 Å². The number of piperazine rings is 1. The number of nitrogens with one attached hydrogen (secondary N) is 2. The molecule has 1 saturated heterocycles. The Bertz CT molecular complexity index is 1520. The SMILES string of the molecule is CC1CN(c2cc(F)c(C3=CCN(C(=O)O)[C@H](C4(C)CCC4)C3)c(F)c2NC(=O)c2c[nH]c(=O)cc2C(F)F)CCN1C. The van der Waals surface area contributed by atoms with Gasteiger partial charge in [-0.3, -0.25) is 9.59 Å². The Hall–Kier alpha value is -3.87. The quantitative estimate of drug-likeness (QED) is 0.386. The van der Waals surface area contributed by atoms with Crippen LogP contribution in [0.25, 0.3) is 5.57 Å². The zero-order valence-electron chi connectivity index (χ0n) is 24.2. The smallest absolute Gasteiger partial charge is 0.407 e. The number of amides is 2. The molecule has 0 spiro atoms. The van der Waals surface area contributed by atoms with Crippen LogP contribution >= 0.6 is 0 Å². The number of carbonyl (C=O) groups is 2. The highest BCUT2D eigenvalue weighted by Crippen LogP contribution is 2.50. The Labute approximate surface area is 246 Å². The third-order valence-electron chi connectivity index (χ3n) is 9.36. The van der Waals surface area contributed by atoms with E-state index in [0.717, 1.165) is 31.5 Å². The van der Waals surface area contributed by atoms with Crippen LogP contribution in [0.1, 0.15) is 67.4 Å². The van der Waals surface area contributed by atoms with Crippen molar-refractivity contribution in [3.63, 3.8) is 0 Å². The molecule has 43 heavy (non-hydrogen) atoms. The molecule has 232 valence electrons. The summed E-state index contributed by atoms with van der Waals surface area (Å²) in [6.07, 6.45) is 0.634. The fraction of sp³-hybridized carbons (Fsp3) is 0.500. The molecule has 13 heteroatoms. The number of anilines is 2. The van der Waals surface area contributed by atoms with Crippen LogP contribution in [-0.2, 0) is 0 Å². The molecule has 2 aromatic rings. The summed E-state index contributed by atoms with van der Waals surface area (Å²) in [5.74, 6) is -3.05. The average Bonchev–Trinajstić information content (AvgIpc) is 2.94. The molecule has 1 aliphatic carbocycles. The van der Waals surface area contributed by atoms with Gasteiger partial charge in [0.05, 0.1) is 16.8 Å². The zero-order valence-corrected chi connectivity index (χ0v) is 24.2. The highest BCUT2D eigenvalue weighted by atomic mass is 19.3. The fourth-order valence-corrected chi connectivity index (χ4v) is 6.43. The van der Waals surface area contributed by atoms with E-state index in [9.17, 15) is 28.3 Å². The lowest BCUT2D eigenvalue weighted by Crippen LogP contribution is -2.53. The van der Waals surface area contributed by atoms with E-state index < -0.39 is 58.4 Å². The first kappa shape index (κ1) is 30.6. The summed E-state index contributed by atoms with van der Waals surface area (Å²) in [6, 6.07) is 1.26. The molecule has 2 aliphatic heterocycles. The van der Waals surface area contributed by atoms with Gasteiger partial charge in [0.25, 0.3) is 12.3 Å². The molecule has 3 heterocycles. The number of aromatic nitrogens is 1. The molecule has 3 N–H and O–H groups in total. The van der Waals surface area contributed by atoms with Crippen LogP contribution < -0.4 is 15.8 Å². The number of rotatable bonds is 6. The van der Waals surface area contributed by atoms with Crippen molar-refractivity contribution in [2.45, 2.75) is 58.0 Å². The molecular weight excluding hydrogens is 570 g/mol. The predicted octanol–water partition coefficient (Wildman–Crippen LogP) is 5.31. The number of aromatic amines is 1. The van der Waals surface area contributed by atoms with Crippen molar-refractivity contribution in [3.05, 3.63) is 63.1 Å². The number of carboxylic acid groups (broad SMARTS) is 1. The number of H-pyrrole nitrogens is 1. The lowest BCUT2D eigenvalue weighted by Gasteiger charge is -2.50. The summed E-state index contributed by atoms with van der Waals surface area (Å²) in [7, 11) is 1.92. The average molecular weight is 606 g/mol. The lowest BCUT2D eigenvalue weighted by molar-refractivity contribution is 0.0224. The number of alkyl halides is 2. The van der Waals surface area contributed by atoms with Crippen molar-refractivity contribution in [2.24, 2.45) is 5.41 Å². The normalized spacial score (nSPS) is 22.3. The Morgan fingerprint density at radius 2 is 1.91 bits per heavy atom. The molecule has 1 unspecified atom stereocenters. The van der Waals surface area contributed by atoms with E-state index in [1.165, 1.54) is 11.0 Å². The Morgan fingerprint density at radius 3 is 2.51 bits per heavy atom. The van der Waals surface area contributed by atoms with Gasteiger partial charge in [0, 0.05) is 62.2 Å². The van der Waals surface area contributed by atoms with Crippen LogP contribution in [0, 0.1) is 17.0 Å². The maximum atomic E-state index is 16.6. The second-order valence-electron chi connectivity index (χ2n) is 12.0. The van der Waals surface area contributed by atoms with Crippen LogP contribution in [0.5, 0.6) is 0 Å². The van der Waals surface area contributed by atoms with Gasteiger partial charge in [0.15, 0.2) is 5.82 Å². The molecule has 1 aromatic carbocycles. The zero-order chi connectivity index (χ0) is 31.2. The van der Waals surface area contributed by atoms with E-state index in [1.54, 1.807) is 4.90 Å². The summed E-state index contributed by atoms with van der Waals surface area (Å²) in [5, 5.41) is 12.2. The molecule has 9 nitrogen and oxygen atoms in total. The fourth-order valence-electron chi connectivity index (χ4n) is 6.43. The topological polar surface area (TPSA) is 109 Å². The van der Waals surface area contributed by atoms with Crippen molar-refractivity contribution in [2.75, 3.05) is 43.4 Å². The molecule has 2 amide bonds. The van der Waals surface area contributed by atoms with Crippen LogP contribution in [-0.4, -0.2) is 77.2 Å². The molecule has 0 bridgehead atoms. The molecule has 3 aliphatic rings. The van der Waals surface area contributed by atoms with Crippen molar-refractivity contribution in [1.29, 1.82) is 0 Å². The summed E-state index contributed by atoms with van der Waals surface area (Å²) < 4.78 is 60.0. The number of hydrogen-bond acceptors (Lipinski definition) is 5. The standard InChI is InChI=1S/C30H35F4N5O4/c1-16-15-38(10-9-37(16)3)21-13-20(31)24(17-5-8-39(29(42)43)22(11-17)30(2)6-4-7-30)25(32)26(21)36-28(41)19-14-35-23(40)12-18(19)27(33)34/h5,12-14,16,22,27H,4,6-11,15H2,1-3H3,(H,35,40)(H,36,41)(H,42,43)/t16?,22-/m0/s1. The third kappa shape index (κ3) is 5.74. The van der Waals surface area contributed by atoms with Crippen LogP contribution in [0.15, 0.2) is 29.2 Å². The number of likely N-dealkylation sites (N-methyl/N-ethyl adjacent to an activating group) is 1. The number of benzene rings is 1. The largest absolute Gasteiger partial charge is 0.465 e. The first-order chi connectivity index (χ1) is 20.3. The Kier molecular flexibility index (Phi) is 8.30. The number of carbonyl (C=O) groups excluding carboxylic acids is 1.